The molecule has 1 heterocycles. The monoisotopic (exact) mass is 419 g/mol. The average molecular weight is 420 g/mol. The third kappa shape index (κ3) is 5.05. The standard InChI is InChI=1S/C20H23BrFN3O/c1-15-3-8-19(18(21)13-15)23-20(26)14-24-9-2-10-25(12-11-24)17-6-4-16(22)5-7-17/h3-8,13H,2,9-12,14H2,1H3,(H,23,26). The van der Waals surface area contributed by atoms with Gasteiger partial charge in [0.25, 0.3) is 0 Å². The Morgan fingerprint density at radius 2 is 1.88 bits per heavy atom. The summed E-state index contributed by atoms with van der Waals surface area (Å²) in [6.45, 7) is 5.80. The van der Waals surface area contributed by atoms with E-state index in [1.165, 1.54) is 12.1 Å². The molecule has 4 nitrogen and oxygen atoms in total. The van der Waals surface area contributed by atoms with Gasteiger partial charge in [0.15, 0.2) is 0 Å². The van der Waals surface area contributed by atoms with Gasteiger partial charge < -0.3 is 10.2 Å². The lowest BCUT2D eigenvalue weighted by Crippen LogP contribution is -2.36. The highest BCUT2D eigenvalue weighted by Crippen LogP contribution is 2.23. The van der Waals surface area contributed by atoms with Crippen LogP contribution in [0.2, 0.25) is 0 Å². The number of aryl methyl sites for hydroxylation is 1. The van der Waals surface area contributed by atoms with Gasteiger partial charge in [-0.2, -0.15) is 0 Å². The Morgan fingerprint density at radius 1 is 1.12 bits per heavy atom. The smallest absolute Gasteiger partial charge is 0.238 e. The van der Waals surface area contributed by atoms with E-state index >= 15 is 0 Å². The zero-order valence-corrected chi connectivity index (χ0v) is 16.4. The quantitative estimate of drug-likeness (QED) is 0.811. The maximum Gasteiger partial charge on any atom is 0.238 e. The number of nitrogens with one attached hydrogen (secondary N) is 1. The number of benzene rings is 2. The van der Waals surface area contributed by atoms with Crippen molar-refractivity contribution in [3.8, 4) is 0 Å². The second-order valence-electron chi connectivity index (χ2n) is 6.62. The van der Waals surface area contributed by atoms with Gasteiger partial charge in [-0.3, -0.25) is 9.69 Å². The second-order valence-corrected chi connectivity index (χ2v) is 7.48. The zero-order chi connectivity index (χ0) is 18.5. The molecule has 6 heteroatoms. The van der Waals surface area contributed by atoms with E-state index in [4.69, 9.17) is 0 Å². The molecule has 2 aromatic rings. The fourth-order valence-corrected chi connectivity index (χ4v) is 3.75. The molecule has 2 aromatic carbocycles. The zero-order valence-electron chi connectivity index (χ0n) is 14.8. The summed E-state index contributed by atoms with van der Waals surface area (Å²) in [5.74, 6) is -0.228. The number of anilines is 2. The van der Waals surface area contributed by atoms with Crippen LogP contribution in [0.5, 0.6) is 0 Å². The largest absolute Gasteiger partial charge is 0.370 e. The number of hydrogen-bond donors (Lipinski definition) is 1. The lowest BCUT2D eigenvalue weighted by Gasteiger charge is -2.23. The van der Waals surface area contributed by atoms with Gasteiger partial charge in [-0.1, -0.05) is 6.07 Å². The summed E-state index contributed by atoms with van der Waals surface area (Å²) in [5, 5.41) is 2.97. The molecule has 26 heavy (non-hydrogen) atoms. The predicted octanol–water partition coefficient (Wildman–Crippen LogP) is 4.05. The van der Waals surface area contributed by atoms with Crippen LogP contribution in [-0.4, -0.2) is 43.5 Å². The summed E-state index contributed by atoms with van der Waals surface area (Å²) in [6.07, 6.45) is 0.971. The van der Waals surface area contributed by atoms with Crippen molar-refractivity contribution in [2.45, 2.75) is 13.3 Å². The minimum Gasteiger partial charge on any atom is -0.370 e. The first-order valence-electron chi connectivity index (χ1n) is 8.80. The topological polar surface area (TPSA) is 35.6 Å². The summed E-state index contributed by atoms with van der Waals surface area (Å²) in [4.78, 5) is 16.8. The molecule has 1 fully saturated rings. The first-order valence-corrected chi connectivity index (χ1v) is 9.59. The van der Waals surface area contributed by atoms with Gasteiger partial charge in [0.1, 0.15) is 5.82 Å². The van der Waals surface area contributed by atoms with Crippen LogP contribution in [0.1, 0.15) is 12.0 Å². The summed E-state index contributed by atoms with van der Waals surface area (Å²) in [5.41, 5.74) is 2.97. The van der Waals surface area contributed by atoms with Crippen molar-refractivity contribution in [2.75, 3.05) is 42.9 Å². The van der Waals surface area contributed by atoms with Crippen molar-refractivity contribution in [3.05, 3.63) is 58.3 Å². The number of carbonyl (C=O) groups is 1. The van der Waals surface area contributed by atoms with E-state index in [0.717, 1.165) is 54.0 Å². The summed E-state index contributed by atoms with van der Waals surface area (Å²) < 4.78 is 14.0. The van der Waals surface area contributed by atoms with Crippen molar-refractivity contribution in [3.63, 3.8) is 0 Å². The highest BCUT2D eigenvalue weighted by molar-refractivity contribution is 9.10. The number of amides is 1. The highest BCUT2D eigenvalue weighted by Gasteiger charge is 2.18. The Labute approximate surface area is 162 Å². The average Bonchev–Trinajstić information content (AvgIpc) is 2.84. The van der Waals surface area contributed by atoms with Crippen molar-refractivity contribution in [1.29, 1.82) is 0 Å². The maximum atomic E-state index is 13.1. The van der Waals surface area contributed by atoms with Crippen LogP contribution in [-0.2, 0) is 4.79 Å². The Morgan fingerprint density at radius 3 is 2.62 bits per heavy atom. The number of nitrogens with zero attached hydrogens (tertiary/aromatic N) is 2. The number of hydrogen-bond acceptors (Lipinski definition) is 3. The predicted molar refractivity (Wildman–Crippen MR) is 107 cm³/mol. The van der Waals surface area contributed by atoms with E-state index < -0.39 is 0 Å². The molecule has 0 atom stereocenters. The van der Waals surface area contributed by atoms with Gasteiger partial charge in [0.2, 0.25) is 5.91 Å². The molecule has 1 amide bonds. The van der Waals surface area contributed by atoms with Crippen LogP contribution in [0.25, 0.3) is 0 Å². The summed E-state index contributed by atoms with van der Waals surface area (Å²) >= 11 is 3.49. The molecule has 0 bridgehead atoms. The number of carbonyl (C=O) groups excluding carboxylic acids is 1. The van der Waals surface area contributed by atoms with Gasteiger partial charge in [0, 0.05) is 36.3 Å². The van der Waals surface area contributed by atoms with E-state index in [1.807, 2.05) is 37.3 Å². The third-order valence-electron chi connectivity index (χ3n) is 4.55. The molecule has 1 aliphatic rings. The van der Waals surface area contributed by atoms with Crippen LogP contribution in [0.4, 0.5) is 15.8 Å². The van der Waals surface area contributed by atoms with E-state index in [-0.39, 0.29) is 11.7 Å². The van der Waals surface area contributed by atoms with Crippen LogP contribution in [0.15, 0.2) is 46.9 Å². The van der Waals surface area contributed by atoms with Gasteiger partial charge >= 0.3 is 0 Å². The van der Waals surface area contributed by atoms with E-state index in [0.29, 0.717) is 6.54 Å². The van der Waals surface area contributed by atoms with Gasteiger partial charge in [-0.05, 0) is 71.2 Å². The van der Waals surface area contributed by atoms with Crippen LogP contribution in [0.3, 0.4) is 0 Å². The lowest BCUT2D eigenvalue weighted by molar-refractivity contribution is -0.117. The molecule has 138 valence electrons. The molecule has 0 radical (unpaired) electrons. The minimum absolute atomic E-state index is 0.00946. The van der Waals surface area contributed by atoms with Crippen LogP contribution in [0, 0.1) is 12.7 Å². The van der Waals surface area contributed by atoms with Gasteiger partial charge in [-0.15, -0.1) is 0 Å². The molecule has 0 unspecified atom stereocenters. The van der Waals surface area contributed by atoms with E-state index in [2.05, 4.69) is 31.0 Å². The van der Waals surface area contributed by atoms with Crippen molar-refractivity contribution in [1.82, 2.24) is 4.90 Å². The Kier molecular flexibility index (Phi) is 6.27. The third-order valence-corrected chi connectivity index (χ3v) is 5.20. The SMILES string of the molecule is Cc1ccc(NC(=O)CN2CCCN(c3ccc(F)cc3)CC2)c(Br)c1. The van der Waals surface area contributed by atoms with E-state index in [9.17, 15) is 9.18 Å². The molecule has 1 aliphatic heterocycles. The van der Waals surface area contributed by atoms with Crippen LogP contribution < -0.4 is 10.2 Å². The number of halogens is 2. The molecular weight excluding hydrogens is 397 g/mol. The Balaban J connectivity index is 1.54. The van der Waals surface area contributed by atoms with Crippen molar-refractivity contribution in [2.24, 2.45) is 0 Å². The summed E-state index contributed by atoms with van der Waals surface area (Å²) in [6, 6.07) is 12.5. The normalized spacial score (nSPS) is 15.6. The Bertz CT molecular complexity index is 766. The molecule has 1 N–H and O–H groups in total. The fraction of sp³-hybridized carbons (Fsp3) is 0.350. The number of rotatable bonds is 4. The van der Waals surface area contributed by atoms with Gasteiger partial charge in [-0.25, -0.2) is 4.39 Å². The first-order chi connectivity index (χ1) is 12.5. The molecular formula is C20H23BrFN3O. The van der Waals surface area contributed by atoms with Gasteiger partial charge in [0.05, 0.1) is 12.2 Å². The molecule has 0 aliphatic carbocycles. The second kappa shape index (κ2) is 8.64. The fourth-order valence-electron chi connectivity index (χ4n) is 3.15. The molecule has 0 aromatic heterocycles. The molecule has 0 saturated carbocycles. The summed E-state index contributed by atoms with van der Waals surface area (Å²) in [7, 11) is 0. The van der Waals surface area contributed by atoms with Crippen molar-refractivity contribution < 1.29 is 9.18 Å². The highest BCUT2D eigenvalue weighted by atomic mass is 79.9. The molecule has 0 spiro atoms. The molecule has 1 saturated heterocycles. The molecule has 3 rings (SSSR count). The minimum atomic E-state index is -0.218. The Hall–Kier alpha value is -1.92. The van der Waals surface area contributed by atoms with E-state index in [1.54, 1.807) is 0 Å². The maximum absolute atomic E-state index is 13.1. The van der Waals surface area contributed by atoms with Crippen molar-refractivity contribution >= 4 is 33.2 Å². The first kappa shape index (κ1) is 18.9. The van der Waals surface area contributed by atoms with Crippen LogP contribution >= 0.6 is 15.9 Å². The lowest BCUT2D eigenvalue weighted by atomic mass is 10.2.